The summed E-state index contributed by atoms with van der Waals surface area (Å²) in [6.07, 6.45) is -4.78. The predicted octanol–water partition coefficient (Wildman–Crippen LogP) is 3.37. The molecule has 1 aromatic carbocycles. The van der Waals surface area contributed by atoms with E-state index in [-0.39, 0.29) is 16.9 Å². The summed E-state index contributed by atoms with van der Waals surface area (Å²) < 4.78 is 38.3. The first-order valence-electron chi connectivity index (χ1n) is 7.08. The zero-order chi connectivity index (χ0) is 18.9. The van der Waals surface area contributed by atoms with Crippen molar-refractivity contribution in [3.05, 3.63) is 52.1 Å². The van der Waals surface area contributed by atoms with Crippen LogP contribution in [0.2, 0.25) is 0 Å². The highest BCUT2D eigenvalue weighted by atomic mass is 19.4. The molecule has 0 aliphatic heterocycles. The van der Waals surface area contributed by atoms with Crippen LogP contribution < -0.4 is 5.32 Å². The molecule has 0 bridgehead atoms. The molecule has 2 N–H and O–H groups in total. The fourth-order valence-electron chi connectivity index (χ4n) is 2.22. The number of amides is 1. The van der Waals surface area contributed by atoms with Crippen LogP contribution in [0.3, 0.4) is 0 Å². The standard InChI is InChI=1S/C16H14F3N3O3/c1-7-4-8(2)11(6-10(7)14(24)25)21-13(23)12-5-9(3)20-15(22-12)16(17,18)19/h4-6H,1-3H3,(H,21,23)(H,24,25). The van der Waals surface area contributed by atoms with E-state index in [1.165, 1.54) is 13.0 Å². The second kappa shape index (κ2) is 6.50. The Balaban J connectivity index is 2.39. The molecule has 0 saturated heterocycles. The first kappa shape index (κ1) is 18.4. The van der Waals surface area contributed by atoms with Gasteiger partial charge in [0.05, 0.1) is 5.56 Å². The molecule has 0 spiro atoms. The van der Waals surface area contributed by atoms with Crippen molar-refractivity contribution in [2.45, 2.75) is 26.9 Å². The quantitative estimate of drug-likeness (QED) is 0.883. The van der Waals surface area contributed by atoms with Crippen LogP contribution >= 0.6 is 0 Å². The van der Waals surface area contributed by atoms with Crippen LogP contribution in [0, 0.1) is 20.8 Å². The highest BCUT2D eigenvalue weighted by Gasteiger charge is 2.35. The lowest BCUT2D eigenvalue weighted by Gasteiger charge is -2.12. The monoisotopic (exact) mass is 353 g/mol. The van der Waals surface area contributed by atoms with Crippen LogP contribution in [0.5, 0.6) is 0 Å². The van der Waals surface area contributed by atoms with Crippen LogP contribution in [0.4, 0.5) is 18.9 Å². The molecule has 0 atom stereocenters. The van der Waals surface area contributed by atoms with E-state index in [0.717, 1.165) is 6.07 Å². The van der Waals surface area contributed by atoms with E-state index in [9.17, 15) is 22.8 Å². The van der Waals surface area contributed by atoms with E-state index in [4.69, 9.17) is 5.11 Å². The Labute approximate surface area is 140 Å². The fraction of sp³-hybridized carbons (Fsp3) is 0.250. The maximum Gasteiger partial charge on any atom is 0.451 e. The van der Waals surface area contributed by atoms with Gasteiger partial charge in [0.25, 0.3) is 5.91 Å². The average molecular weight is 353 g/mol. The van der Waals surface area contributed by atoms with Gasteiger partial charge < -0.3 is 10.4 Å². The summed E-state index contributed by atoms with van der Waals surface area (Å²) in [6.45, 7) is 4.55. The number of carboxylic acid groups (broad SMARTS) is 1. The van der Waals surface area contributed by atoms with Crippen LogP contribution in [0.15, 0.2) is 18.2 Å². The minimum absolute atomic E-state index is 0.0145. The van der Waals surface area contributed by atoms with Crippen molar-refractivity contribution in [2.75, 3.05) is 5.32 Å². The molecule has 0 aliphatic carbocycles. The van der Waals surface area contributed by atoms with Crippen molar-refractivity contribution < 1.29 is 27.9 Å². The van der Waals surface area contributed by atoms with Crippen LogP contribution in [0.1, 0.15) is 43.5 Å². The van der Waals surface area contributed by atoms with Gasteiger partial charge in [-0.3, -0.25) is 4.79 Å². The van der Waals surface area contributed by atoms with Crippen molar-refractivity contribution >= 4 is 17.6 Å². The maximum atomic E-state index is 12.8. The van der Waals surface area contributed by atoms with Crippen LogP contribution in [-0.4, -0.2) is 27.0 Å². The number of carboxylic acids is 1. The number of aryl methyl sites for hydroxylation is 3. The number of halogens is 3. The van der Waals surface area contributed by atoms with E-state index >= 15 is 0 Å². The van der Waals surface area contributed by atoms with Crippen molar-refractivity contribution in [1.29, 1.82) is 0 Å². The number of aromatic carboxylic acids is 1. The zero-order valence-electron chi connectivity index (χ0n) is 13.5. The Kier molecular flexibility index (Phi) is 4.78. The molecule has 0 aliphatic rings. The van der Waals surface area contributed by atoms with Gasteiger partial charge in [0.15, 0.2) is 0 Å². The number of rotatable bonds is 3. The number of aromatic nitrogens is 2. The van der Waals surface area contributed by atoms with E-state index in [1.54, 1.807) is 19.9 Å². The number of benzene rings is 1. The summed E-state index contributed by atoms with van der Waals surface area (Å²) in [5.41, 5.74) is 0.752. The molecular weight excluding hydrogens is 339 g/mol. The van der Waals surface area contributed by atoms with Gasteiger partial charge in [-0.25, -0.2) is 14.8 Å². The normalized spacial score (nSPS) is 11.3. The first-order valence-corrected chi connectivity index (χ1v) is 7.08. The largest absolute Gasteiger partial charge is 0.478 e. The van der Waals surface area contributed by atoms with Crippen LogP contribution in [0.25, 0.3) is 0 Å². The van der Waals surface area contributed by atoms with Gasteiger partial charge in [0, 0.05) is 11.4 Å². The van der Waals surface area contributed by atoms with Crippen molar-refractivity contribution in [3.8, 4) is 0 Å². The molecule has 25 heavy (non-hydrogen) atoms. The third-order valence-electron chi connectivity index (χ3n) is 3.39. The minimum Gasteiger partial charge on any atom is -0.478 e. The number of alkyl halides is 3. The third kappa shape index (κ3) is 4.11. The Bertz CT molecular complexity index is 864. The van der Waals surface area contributed by atoms with Gasteiger partial charge in [-0.05, 0) is 44.0 Å². The summed E-state index contributed by atoms with van der Waals surface area (Å²) in [4.78, 5) is 29.9. The summed E-state index contributed by atoms with van der Waals surface area (Å²) >= 11 is 0. The Morgan fingerprint density at radius 2 is 1.68 bits per heavy atom. The second-order valence-electron chi connectivity index (χ2n) is 5.46. The SMILES string of the molecule is Cc1cc(C(=O)Nc2cc(C(=O)O)c(C)cc2C)nc(C(F)(F)F)n1. The summed E-state index contributed by atoms with van der Waals surface area (Å²) in [5.74, 6) is -3.48. The molecule has 132 valence electrons. The maximum absolute atomic E-state index is 12.8. The van der Waals surface area contributed by atoms with E-state index in [0.29, 0.717) is 11.1 Å². The van der Waals surface area contributed by atoms with E-state index in [1.807, 2.05) is 0 Å². The van der Waals surface area contributed by atoms with Gasteiger partial charge in [-0.15, -0.1) is 0 Å². The third-order valence-corrected chi connectivity index (χ3v) is 3.39. The first-order chi connectivity index (χ1) is 11.5. The van der Waals surface area contributed by atoms with Crippen LogP contribution in [-0.2, 0) is 6.18 Å². The molecule has 0 radical (unpaired) electrons. The summed E-state index contributed by atoms with van der Waals surface area (Å²) in [7, 11) is 0. The highest BCUT2D eigenvalue weighted by molar-refractivity contribution is 6.04. The Morgan fingerprint density at radius 1 is 1.04 bits per heavy atom. The van der Waals surface area contributed by atoms with E-state index < -0.39 is 29.6 Å². The minimum atomic E-state index is -4.78. The number of anilines is 1. The molecule has 1 amide bonds. The fourth-order valence-corrected chi connectivity index (χ4v) is 2.22. The summed E-state index contributed by atoms with van der Waals surface area (Å²) in [6, 6.07) is 3.93. The lowest BCUT2D eigenvalue weighted by atomic mass is 10.0. The molecule has 0 unspecified atom stereocenters. The van der Waals surface area contributed by atoms with Gasteiger partial charge in [0.2, 0.25) is 5.82 Å². The smallest absolute Gasteiger partial charge is 0.451 e. The van der Waals surface area contributed by atoms with E-state index in [2.05, 4.69) is 15.3 Å². The molecule has 2 rings (SSSR count). The molecule has 2 aromatic rings. The van der Waals surface area contributed by atoms with Gasteiger partial charge in [-0.1, -0.05) is 6.07 Å². The number of hydrogen-bond donors (Lipinski definition) is 2. The average Bonchev–Trinajstić information content (AvgIpc) is 2.48. The van der Waals surface area contributed by atoms with Crippen molar-refractivity contribution in [1.82, 2.24) is 9.97 Å². The molecule has 0 saturated carbocycles. The Hall–Kier alpha value is -2.97. The predicted molar refractivity (Wildman–Crippen MR) is 82.6 cm³/mol. The van der Waals surface area contributed by atoms with Crippen molar-refractivity contribution in [3.63, 3.8) is 0 Å². The topological polar surface area (TPSA) is 92.2 Å². The molecule has 6 nitrogen and oxygen atoms in total. The number of carbonyl (C=O) groups is 2. The molecule has 0 fully saturated rings. The molecule has 1 heterocycles. The molecular formula is C16H14F3N3O3. The number of carbonyl (C=O) groups excluding carboxylic acids is 1. The van der Waals surface area contributed by atoms with Gasteiger partial charge in [-0.2, -0.15) is 13.2 Å². The number of nitrogens with zero attached hydrogens (tertiary/aromatic N) is 2. The summed E-state index contributed by atoms with van der Waals surface area (Å²) in [5, 5.41) is 11.5. The number of hydrogen-bond acceptors (Lipinski definition) is 4. The zero-order valence-corrected chi connectivity index (χ0v) is 13.5. The second-order valence-corrected chi connectivity index (χ2v) is 5.46. The Morgan fingerprint density at radius 3 is 2.24 bits per heavy atom. The van der Waals surface area contributed by atoms with Crippen molar-refractivity contribution in [2.24, 2.45) is 0 Å². The molecule has 9 heteroatoms. The van der Waals surface area contributed by atoms with Gasteiger partial charge in [0.1, 0.15) is 5.69 Å². The van der Waals surface area contributed by atoms with Gasteiger partial charge >= 0.3 is 12.1 Å². The number of nitrogens with one attached hydrogen (secondary N) is 1. The highest BCUT2D eigenvalue weighted by Crippen LogP contribution is 2.27. The lowest BCUT2D eigenvalue weighted by molar-refractivity contribution is -0.145. The lowest BCUT2D eigenvalue weighted by Crippen LogP contribution is -2.20. The molecule has 1 aromatic heterocycles.